The van der Waals surface area contributed by atoms with E-state index in [0.29, 0.717) is 11.3 Å². The van der Waals surface area contributed by atoms with E-state index in [4.69, 9.17) is 10.5 Å². The van der Waals surface area contributed by atoms with E-state index >= 15 is 0 Å². The van der Waals surface area contributed by atoms with Crippen molar-refractivity contribution in [1.82, 2.24) is 4.98 Å². The highest BCUT2D eigenvalue weighted by atomic mass is 19.1. The number of esters is 1. The smallest absolute Gasteiger partial charge is 0.343 e. The summed E-state index contributed by atoms with van der Waals surface area (Å²) in [6.07, 6.45) is 1.43. The van der Waals surface area contributed by atoms with E-state index in [9.17, 15) is 9.18 Å². The lowest BCUT2D eigenvalue weighted by atomic mass is 10.2. The van der Waals surface area contributed by atoms with Gasteiger partial charge in [0.05, 0.1) is 7.11 Å². The second-order valence-corrected chi connectivity index (χ2v) is 4.09. The van der Waals surface area contributed by atoms with Crippen molar-refractivity contribution < 1.29 is 18.7 Å². The number of halogens is 1. The number of methoxy groups -OCH3 is 1. The number of aryl methyl sites for hydroxylation is 1. The van der Waals surface area contributed by atoms with E-state index in [0.717, 1.165) is 6.07 Å². The standard InChI is InChI=1S/C14H13FN2O3/c1-8-6-12(10(15)7-11(8)16)20-13-9(14(18)19-2)4-3-5-17-13/h3-7H,16H2,1-2H3. The van der Waals surface area contributed by atoms with Gasteiger partial charge in [0.25, 0.3) is 0 Å². The molecule has 0 radical (unpaired) electrons. The molecule has 0 aliphatic carbocycles. The first-order chi connectivity index (χ1) is 9.52. The number of anilines is 1. The van der Waals surface area contributed by atoms with Crippen LogP contribution in [0.1, 0.15) is 15.9 Å². The number of aromatic nitrogens is 1. The second kappa shape index (κ2) is 5.56. The largest absolute Gasteiger partial charge is 0.465 e. The monoisotopic (exact) mass is 276 g/mol. The number of nitrogen functional groups attached to an aromatic ring is 1. The van der Waals surface area contributed by atoms with Gasteiger partial charge in [0.15, 0.2) is 11.6 Å². The van der Waals surface area contributed by atoms with E-state index in [2.05, 4.69) is 9.72 Å². The van der Waals surface area contributed by atoms with E-state index in [1.807, 2.05) is 0 Å². The molecule has 0 fully saturated rings. The van der Waals surface area contributed by atoms with Gasteiger partial charge in [-0.1, -0.05) is 0 Å². The van der Waals surface area contributed by atoms with E-state index in [1.54, 1.807) is 13.0 Å². The summed E-state index contributed by atoms with van der Waals surface area (Å²) in [6.45, 7) is 1.72. The number of ether oxygens (including phenoxy) is 2. The highest BCUT2D eigenvalue weighted by molar-refractivity contribution is 5.91. The van der Waals surface area contributed by atoms with Crippen molar-refractivity contribution in [3.05, 3.63) is 47.4 Å². The SMILES string of the molecule is COC(=O)c1cccnc1Oc1cc(C)c(N)cc1F. The van der Waals surface area contributed by atoms with Crippen LogP contribution < -0.4 is 10.5 Å². The van der Waals surface area contributed by atoms with Crippen LogP contribution in [0, 0.1) is 12.7 Å². The van der Waals surface area contributed by atoms with Gasteiger partial charge in [-0.3, -0.25) is 0 Å². The van der Waals surface area contributed by atoms with Gasteiger partial charge >= 0.3 is 5.97 Å². The molecular weight excluding hydrogens is 263 g/mol. The molecule has 0 saturated carbocycles. The minimum Gasteiger partial charge on any atom is -0.465 e. The van der Waals surface area contributed by atoms with E-state index in [-0.39, 0.29) is 17.2 Å². The summed E-state index contributed by atoms with van der Waals surface area (Å²) in [4.78, 5) is 15.5. The third kappa shape index (κ3) is 2.69. The van der Waals surface area contributed by atoms with E-state index in [1.165, 1.54) is 25.4 Å². The first kappa shape index (κ1) is 13.8. The lowest BCUT2D eigenvalue weighted by Gasteiger charge is -2.10. The van der Waals surface area contributed by atoms with Crippen LogP contribution in [-0.2, 0) is 4.74 Å². The van der Waals surface area contributed by atoms with Crippen LogP contribution >= 0.6 is 0 Å². The van der Waals surface area contributed by atoms with Crippen LogP contribution in [0.2, 0.25) is 0 Å². The molecule has 2 N–H and O–H groups in total. The van der Waals surface area contributed by atoms with Crippen LogP contribution in [0.5, 0.6) is 11.6 Å². The Labute approximate surface area is 115 Å². The number of nitrogens with two attached hydrogens (primary N) is 1. The Morgan fingerprint density at radius 3 is 2.85 bits per heavy atom. The third-order valence-electron chi connectivity index (χ3n) is 2.70. The van der Waals surface area contributed by atoms with Gasteiger partial charge in [-0.15, -0.1) is 0 Å². The number of hydrogen-bond acceptors (Lipinski definition) is 5. The minimum absolute atomic E-state index is 0.0255. The molecule has 0 bridgehead atoms. The van der Waals surface area contributed by atoms with Crippen LogP contribution in [0.4, 0.5) is 10.1 Å². The number of carbonyl (C=O) groups is 1. The molecule has 2 aromatic rings. The normalized spacial score (nSPS) is 10.2. The molecule has 1 aromatic carbocycles. The number of benzene rings is 1. The lowest BCUT2D eigenvalue weighted by molar-refractivity contribution is 0.0597. The molecule has 0 atom stereocenters. The van der Waals surface area contributed by atoms with Gasteiger partial charge in [-0.05, 0) is 30.7 Å². The molecule has 6 heteroatoms. The maximum atomic E-state index is 13.8. The molecule has 20 heavy (non-hydrogen) atoms. The fourth-order valence-corrected chi connectivity index (χ4v) is 1.59. The van der Waals surface area contributed by atoms with Crippen molar-refractivity contribution >= 4 is 11.7 Å². The molecule has 104 valence electrons. The molecule has 0 saturated heterocycles. The molecule has 0 aliphatic heterocycles. The first-order valence-corrected chi connectivity index (χ1v) is 5.79. The van der Waals surface area contributed by atoms with Crippen molar-refractivity contribution in [2.75, 3.05) is 12.8 Å². The van der Waals surface area contributed by atoms with Gasteiger partial charge in [-0.25, -0.2) is 14.2 Å². The predicted molar refractivity (Wildman–Crippen MR) is 71.2 cm³/mol. The maximum absolute atomic E-state index is 13.8. The predicted octanol–water partition coefficient (Wildman–Crippen LogP) is 2.69. The second-order valence-electron chi connectivity index (χ2n) is 4.09. The molecule has 2 rings (SSSR count). The average Bonchev–Trinajstić information content (AvgIpc) is 2.44. The Balaban J connectivity index is 2.40. The Morgan fingerprint density at radius 1 is 1.40 bits per heavy atom. The van der Waals surface area contributed by atoms with Crippen LogP contribution in [0.15, 0.2) is 30.5 Å². The Morgan fingerprint density at radius 2 is 2.15 bits per heavy atom. The zero-order valence-electron chi connectivity index (χ0n) is 11.0. The van der Waals surface area contributed by atoms with Crippen LogP contribution in [-0.4, -0.2) is 18.1 Å². The summed E-state index contributed by atoms with van der Waals surface area (Å²) < 4.78 is 23.8. The quantitative estimate of drug-likeness (QED) is 0.689. The molecule has 5 nitrogen and oxygen atoms in total. The highest BCUT2D eigenvalue weighted by Crippen LogP contribution is 2.29. The van der Waals surface area contributed by atoms with Crippen molar-refractivity contribution in [3.8, 4) is 11.6 Å². The lowest BCUT2D eigenvalue weighted by Crippen LogP contribution is -2.05. The fourth-order valence-electron chi connectivity index (χ4n) is 1.59. The summed E-state index contributed by atoms with van der Waals surface area (Å²) in [5.74, 6) is -1.32. The van der Waals surface area contributed by atoms with Crippen LogP contribution in [0.25, 0.3) is 0 Å². The third-order valence-corrected chi connectivity index (χ3v) is 2.70. The van der Waals surface area contributed by atoms with Gasteiger partial charge in [0.1, 0.15) is 5.56 Å². The number of pyridine rings is 1. The summed E-state index contributed by atoms with van der Waals surface area (Å²) in [5.41, 5.74) is 6.70. The maximum Gasteiger partial charge on any atom is 0.343 e. The van der Waals surface area contributed by atoms with Crippen molar-refractivity contribution in [2.24, 2.45) is 0 Å². The molecule has 1 aromatic heterocycles. The summed E-state index contributed by atoms with van der Waals surface area (Å²) in [5, 5.41) is 0. The van der Waals surface area contributed by atoms with Crippen molar-refractivity contribution in [3.63, 3.8) is 0 Å². The van der Waals surface area contributed by atoms with Gasteiger partial charge in [0.2, 0.25) is 5.88 Å². The Bertz CT molecular complexity index is 659. The topological polar surface area (TPSA) is 74.4 Å². The molecule has 0 spiro atoms. The van der Waals surface area contributed by atoms with Gasteiger partial charge < -0.3 is 15.2 Å². The number of carbonyl (C=O) groups excluding carboxylic acids is 1. The molecule has 0 unspecified atom stereocenters. The summed E-state index contributed by atoms with van der Waals surface area (Å²) in [6, 6.07) is 5.64. The number of hydrogen-bond donors (Lipinski definition) is 1. The Hall–Kier alpha value is -2.63. The molecule has 1 heterocycles. The van der Waals surface area contributed by atoms with E-state index < -0.39 is 11.8 Å². The summed E-state index contributed by atoms with van der Waals surface area (Å²) in [7, 11) is 1.24. The molecule has 0 amide bonds. The number of rotatable bonds is 3. The first-order valence-electron chi connectivity index (χ1n) is 5.79. The molecule has 0 aliphatic rings. The average molecular weight is 276 g/mol. The fraction of sp³-hybridized carbons (Fsp3) is 0.143. The molecular formula is C14H13FN2O3. The van der Waals surface area contributed by atoms with Crippen LogP contribution in [0.3, 0.4) is 0 Å². The zero-order valence-corrected chi connectivity index (χ0v) is 11.0. The summed E-state index contributed by atoms with van der Waals surface area (Å²) >= 11 is 0. The van der Waals surface area contributed by atoms with Gasteiger partial charge in [-0.2, -0.15) is 0 Å². The van der Waals surface area contributed by atoms with Crippen molar-refractivity contribution in [2.45, 2.75) is 6.92 Å². The van der Waals surface area contributed by atoms with Gasteiger partial charge in [0, 0.05) is 18.0 Å². The highest BCUT2D eigenvalue weighted by Gasteiger charge is 2.16. The Kier molecular flexibility index (Phi) is 3.84. The minimum atomic E-state index is -0.630. The van der Waals surface area contributed by atoms with Crippen molar-refractivity contribution in [1.29, 1.82) is 0 Å². The number of nitrogens with zero attached hydrogens (tertiary/aromatic N) is 1. The zero-order chi connectivity index (χ0) is 14.7.